The molecule has 1 N–H and O–H groups in total. The lowest BCUT2D eigenvalue weighted by Gasteiger charge is -2.32. The van der Waals surface area contributed by atoms with Crippen molar-refractivity contribution in [3.63, 3.8) is 0 Å². The van der Waals surface area contributed by atoms with Gasteiger partial charge in [-0.05, 0) is 31.9 Å². The molecule has 5 nitrogen and oxygen atoms in total. The second-order valence-corrected chi connectivity index (χ2v) is 5.34. The minimum absolute atomic E-state index is 0.307. The zero-order valence-electron chi connectivity index (χ0n) is 11.4. The van der Waals surface area contributed by atoms with E-state index in [2.05, 4.69) is 20.9 Å². The molecular weight excluding hydrogens is 254 g/mol. The summed E-state index contributed by atoms with van der Waals surface area (Å²) in [5.74, 6) is -0.174. The van der Waals surface area contributed by atoms with Crippen LogP contribution in [-0.2, 0) is 4.79 Å². The Kier molecular flexibility index (Phi) is 3.26. The average Bonchev–Trinajstić information content (AvgIpc) is 2.46. The van der Waals surface area contributed by atoms with Gasteiger partial charge in [-0.15, -0.1) is 0 Å². The van der Waals surface area contributed by atoms with Crippen LogP contribution in [0.3, 0.4) is 0 Å². The lowest BCUT2D eigenvalue weighted by Crippen LogP contribution is -2.39. The van der Waals surface area contributed by atoms with Crippen molar-refractivity contribution in [3.05, 3.63) is 30.1 Å². The number of anilines is 1. The second kappa shape index (κ2) is 5.07. The molecule has 1 atom stereocenters. The Hall–Kier alpha value is -2.17. The molecule has 1 saturated heterocycles. The number of fused-ring (bicyclic) bond motifs is 1. The van der Waals surface area contributed by atoms with Crippen molar-refractivity contribution in [2.45, 2.75) is 19.8 Å². The molecule has 104 valence electrons. The van der Waals surface area contributed by atoms with Gasteiger partial charge in [-0.2, -0.15) is 0 Å². The van der Waals surface area contributed by atoms with Gasteiger partial charge in [0.1, 0.15) is 12.1 Å². The van der Waals surface area contributed by atoms with Gasteiger partial charge in [0.05, 0.1) is 11.4 Å². The number of carboxylic acid groups (broad SMARTS) is 1. The molecule has 0 aliphatic carbocycles. The van der Waals surface area contributed by atoms with Crippen molar-refractivity contribution in [3.8, 4) is 0 Å². The highest BCUT2D eigenvalue weighted by atomic mass is 16.4. The van der Waals surface area contributed by atoms with Crippen LogP contribution in [0.4, 0.5) is 5.82 Å². The average molecular weight is 271 g/mol. The van der Waals surface area contributed by atoms with Crippen molar-refractivity contribution < 1.29 is 9.90 Å². The fourth-order valence-electron chi connectivity index (χ4n) is 2.78. The number of nitrogens with zero attached hydrogens (tertiary/aromatic N) is 3. The van der Waals surface area contributed by atoms with E-state index in [9.17, 15) is 9.90 Å². The van der Waals surface area contributed by atoms with E-state index in [0.717, 1.165) is 41.7 Å². The summed E-state index contributed by atoms with van der Waals surface area (Å²) in [6, 6.07) is 6.07. The Bertz CT molecular complexity index is 657. The topological polar surface area (TPSA) is 66.3 Å². The maximum atomic E-state index is 11.2. The van der Waals surface area contributed by atoms with Crippen LogP contribution in [0, 0.1) is 12.8 Å². The molecule has 2 aromatic rings. The zero-order chi connectivity index (χ0) is 14.1. The van der Waals surface area contributed by atoms with E-state index < -0.39 is 5.97 Å². The maximum Gasteiger partial charge on any atom is 0.308 e. The molecule has 5 heteroatoms. The molecule has 1 aliphatic rings. The number of benzene rings is 1. The van der Waals surface area contributed by atoms with Crippen LogP contribution in [0.15, 0.2) is 24.5 Å². The fraction of sp³-hybridized carbons (Fsp3) is 0.400. The standard InChI is InChI=1S/C15H17N3O2/c1-10-4-5-13-12(7-10)14(17-9-16-13)18-6-2-3-11(8-18)15(19)20/h4-5,7,9,11H,2-3,6,8H2,1H3,(H,19,20). The first-order chi connectivity index (χ1) is 9.65. The van der Waals surface area contributed by atoms with Crippen LogP contribution in [0.1, 0.15) is 18.4 Å². The minimum Gasteiger partial charge on any atom is -0.481 e. The molecule has 3 rings (SSSR count). The van der Waals surface area contributed by atoms with Crippen molar-refractivity contribution >= 4 is 22.7 Å². The van der Waals surface area contributed by atoms with Crippen molar-refractivity contribution in [2.75, 3.05) is 18.0 Å². The summed E-state index contributed by atoms with van der Waals surface area (Å²) in [7, 11) is 0. The molecule has 2 heterocycles. The van der Waals surface area contributed by atoms with E-state index in [1.807, 2.05) is 19.1 Å². The number of hydrogen-bond acceptors (Lipinski definition) is 4. The van der Waals surface area contributed by atoms with Gasteiger partial charge >= 0.3 is 5.97 Å². The van der Waals surface area contributed by atoms with Crippen LogP contribution in [-0.4, -0.2) is 34.1 Å². The summed E-state index contributed by atoms with van der Waals surface area (Å²) in [6.07, 6.45) is 3.18. The van der Waals surface area contributed by atoms with E-state index in [1.54, 1.807) is 6.33 Å². The van der Waals surface area contributed by atoms with E-state index >= 15 is 0 Å². The number of rotatable bonds is 2. The first-order valence-electron chi connectivity index (χ1n) is 6.84. The molecule has 0 bridgehead atoms. The first-order valence-corrected chi connectivity index (χ1v) is 6.84. The first kappa shape index (κ1) is 12.8. The highest BCUT2D eigenvalue weighted by Gasteiger charge is 2.26. The highest BCUT2D eigenvalue weighted by Crippen LogP contribution is 2.28. The number of aromatic nitrogens is 2. The third-order valence-corrected chi connectivity index (χ3v) is 3.84. The number of aliphatic carboxylic acids is 1. The molecular formula is C15H17N3O2. The summed E-state index contributed by atoms with van der Waals surface area (Å²) in [4.78, 5) is 21.9. The largest absolute Gasteiger partial charge is 0.481 e. The number of carboxylic acids is 1. The van der Waals surface area contributed by atoms with Crippen molar-refractivity contribution in [2.24, 2.45) is 5.92 Å². The van der Waals surface area contributed by atoms with E-state index in [-0.39, 0.29) is 5.92 Å². The molecule has 1 aromatic heterocycles. The normalized spacial score (nSPS) is 19.2. The third-order valence-electron chi connectivity index (χ3n) is 3.84. The molecule has 1 aromatic carbocycles. The maximum absolute atomic E-state index is 11.2. The van der Waals surface area contributed by atoms with Crippen LogP contribution >= 0.6 is 0 Å². The summed E-state index contributed by atoms with van der Waals surface area (Å²) < 4.78 is 0. The van der Waals surface area contributed by atoms with Gasteiger partial charge < -0.3 is 10.0 Å². The van der Waals surface area contributed by atoms with Crippen molar-refractivity contribution in [1.82, 2.24) is 9.97 Å². The summed E-state index contributed by atoms with van der Waals surface area (Å²) in [6.45, 7) is 3.41. The van der Waals surface area contributed by atoms with Crippen molar-refractivity contribution in [1.29, 1.82) is 0 Å². The van der Waals surface area contributed by atoms with Gasteiger partial charge in [0.25, 0.3) is 0 Å². The number of carbonyl (C=O) groups is 1. The van der Waals surface area contributed by atoms with Gasteiger partial charge in [-0.3, -0.25) is 4.79 Å². The SMILES string of the molecule is Cc1ccc2ncnc(N3CCCC(C(=O)O)C3)c2c1. The molecule has 1 unspecified atom stereocenters. The Morgan fingerprint density at radius 3 is 3.05 bits per heavy atom. The van der Waals surface area contributed by atoms with Gasteiger partial charge in [0, 0.05) is 18.5 Å². The molecule has 1 aliphatic heterocycles. The Balaban J connectivity index is 2.01. The Labute approximate surface area is 117 Å². The van der Waals surface area contributed by atoms with Gasteiger partial charge in [-0.25, -0.2) is 9.97 Å². The van der Waals surface area contributed by atoms with Crippen LogP contribution < -0.4 is 4.90 Å². The lowest BCUT2D eigenvalue weighted by atomic mass is 9.98. The predicted octanol–water partition coefficient (Wildman–Crippen LogP) is 2.24. The Morgan fingerprint density at radius 1 is 1.40 bits per heavy atom. The third kappa shape index (κ3) is 2.31. The summed E-state index contributed by atoms with van der Waals surface area (Å²) >= 11 is 0. The molecule has 0 saturated carbocycles. The quantitative estimate of drug-likeness (QED) is 0.907. The molecule has 0 spiro atoms. The zero-order valence-corrected chi connectivity index (χ0v) is 11.4. The number of piperidine rings is 1. The van der Waals surface area contributed by atoms with Gasteiger partial charge in [0.2, 0.25) is 0 Å². The number of aryl methyl sites for hydroxylation is 1. The summed E-state index contributed by atoms with van der Waals surface area (Å²) in [5, 5.41) is 10.2. The van der Waals surface area contributed by atoms with E-state index in [1.165, 1.54) is 0 Å². The van der Waals surface area contributed by atoms with Crippen LogP contribution in [0.25, 0.3) is 10.9 Å². The molecule has 0 radical (unpaired) electrons. The predicted molar refractivity (Wildman–Crippen MR) is 76.8 cm³/mol. The molecule has 20 heavy (non-hydrogen) atoms. The summed E-state index contributed by atoms with van der Waals surface area (Å²) in [5.41, 5.74) is 2.05. The lowest BCUT2D eigenvalue weighted by molar-refractivity contribution is -0.141. The van der Waals surface area contributed by atoms with Crippen LogP contribution in [0.5, 0.6) is 0 Å². The minimum atomic E-state index is -0.718. The molecule has 1 fully saturated rings. The van der Waals surface area contributed by atoms with Crippen LogP contribution in [0.2, 0.25) is 0 Å². The van der Waals surface area contributed by atoms with E-state index in [0.29, 0.717) is 6.54 Å². The van der Waals surface area contributed by atoms with E-state index in [4.69, 9.17) is 0 Å². The number of hydrogen-bond donors (Lipinski definition) is 1. The Morgan fingerprint density at radius 2 is 2.25 bits per heavy atom. The second-order valence-electron chi connectivity index (χ2n) is 5.34. The van der Waals surface area contributed by atoms with Gasteiger partial charge in [-0.1, -0.05) is 11.6 Å². The monoisotopic (exact) mass is 271 g/mol. The molecule has 0 amide bonds. The smallest absolute Gasteiger partial charge is 0.308 e. The van der Waals surface area contributed by atoms with Gasteiger partial charge in [0.15, 0.2) is 0 Å². The fourth-order valence-corrected chi connectivity index (χ4v) is 2.78. The highest BCUT2D eigenvalue weighted by molar-refractivity contribution is 5.90.